The third-order valence-corrected chi connectivity index (χ3v) is 5.79. The molecule has 3 heterocycles. The first kappa shape index (κ1) is 23.5. The lowest BCUT2D eigenvalue weighted by Crippen LogP contribution is -2.31. The molecule has 7 nitrogen and oxygen atoms in total. The molecule has 1 aliphatic heterocycles. The van der Waals surface area contributed by atoms with E-state index in [4.69, 9.17) is 5.41 Å². The van der Waals surface area contributed by atoms with E-state index in [0.717, 1.165) is 11.1 Å². The number of nitrogens with one attached hydrogen (secondary N) is 1. The summed E-state index contributed by atoms with van der Waals surface area (Å²) in [7, 11) is 1.88. The average Bonchev–Trinajstić information content (AvgIpc) is 3.24. The van der Waals surface area contributed by atoms with Crippen LogP contribution in [0.2, 0.25) is 0 Å². The van der Waals surface area contributed by atoms with Crippen LogP contribution in [0, 0.1) is 12.3 Å². The van der Waals surface area contributed by atoms with Crippen LogP contribution in [0.1, 0.15) is 22.7 Å². The smallest absolute Gasteiger partial charge is 0.383 e. The molecule has 0 fully saturated rings. The maximum atomic E-state index is 12.9. The molecule has 174 valence electrons. The van der Waals surface area contributed by atoms with Gasteiger partial charge in [-0.3, -0.25) is 0 Å². The van der Waals surface area contributed by atoms with Crippen molar-refractivity contribution in [2.75, 3.05) is 7.05 Å². The highest BCUT2D eigenvalue weighted by atomic mass is 32.1. The van der Waals surface area contributed by atoms with Gasteiger partial charge in [0.2, 0.25) is 0 Å². The highest BCUT2D eigenvalue weighted by Crippen LogP contribution is 2.31. The molecule has 1 aromatic carbocycles. The summed E-state index contributed by atoms with van der Waals surface area (Å²) in [6.07, 6.45) is -1.50. The third kappa shape index (κ3) is 5.12. The second-order valence-corrected chi connectivity index (χ2v) is 8.77. The molecule has 2 aromatic heterocycles. The molecule has 0 bridgehead atoms. The largest absolute Gasteiger partial charge is 0.414 e. The van der Waals surface area contributed by atoms with Crippen LogP contribution in [0.25, 0.3) is 27.5 Å². The zero-order valence-corrected chi connectivity index (χ0v) is 18.9. The number of halogens is 3. The van der Waals surface area contributed by atoms with Gasteiger partial charge in [-0.25, -0.2) is 9.97 Å². The van der Waals surface area contributed by atoms with Gasteiger partial charge in [-0.15, -0.1) is 15.9 Å². The van der Waals surface area contributed by atoms with E-state index in [1.165, 1.54) is 17.5 Å². The number of hydrogen-bond acceptors (Lipinski definition) is 8. The molecule has 34 heavy (non-hydrogen) atoms. The quantitative estimate of drug-likeness (QED) is 0.392. The van der Waals surface area contributed by atoms with Gasteiger partial charge < -0.3 is 15.4 Å². The molecule has 1 atom stereocenters. The second-order valence-electron chi connectivity index (χ2n) is 7.59. The Labute approximate surface area is 197 Å². The third-order valence-electron chi connectivity index (χ3n) is 4.92. The average molecular weight is 485 g/mol. The van der Waals surface area contributed by atoms with Crippen LogP contribution in [0.4, 0.5) is 13.2 Å². The summed E-state index contributed by atoms with van der Waals surface area (Å²) < 4.78 is 38.8. The fraction of sp³-hybridized carbons (Fsp3) is 0.217. The Balaban J connectivity index is 1.76. The normalized spacial score (nSPS) is 14.3. The minimum absolute atomic E-state index is 0.0331. The van der Waals surface area contributed by atoms with Gasteiger partial charge >= 0.3 is 6.18 Å². The van der Waals surface area contributed by atoms with Gasteiger partial charge in [0.15, 0.2) is 16.9 Å². The number of aliphatic hydroxyl groups excluding tert-OH is 1. The highest BCUT2D eigenvalue weighted by Gasteiger charge is 2.39. The van der Waals surface area contributed by atoms with Crippen LogP contribution >= 0.6 is 11.3 Å². The lowest BCUT2D eigenvalue weighted by molar-refractivity contribution is -0.201. The molecule has 1 unspecified atom stereocenters. The molecule has 1 aliphatic rings. The Bertz CT molecular complexity index is 1340. The van der Waals surface area contributed by atoms with E-state index < -0.39 is 24.4 Å². The second kappa shape index (κ2) is 9.30. The van der Waals surface area contributed by atoms with Crippen LogP contribution in [-0.4, -0.2) is 55.2 Å². The number of benzene rings is 1. The number of aliphatic hydroxyl groups is 1. The molecular formula is C23H19F3N6OS. The SMILES string of the molecule is Cc1nnc(-c2cnc(-c3cccc(C4=CN(C)C=C=C4)c3)nc2C(=N)CC(O)C(F)(F)F)s1. The molecule has 0 saturated carbocycles. The molecular weight excluding hydrogens is 465 g/mol. The summed E-state index contributed by atoms with van der Waals surface area (Å²) in [5, 5.41) is 26.8. The standard InChI is InChI=1S/C23H19F3N6OS/c1-13-30-31-22(34-13)17-11-28-21(29-20(17)18(27)10-19(33)23(24,25)26)15-6-3-5-14(9-15)16-7-4-8-32(2)12-16/h3,5-9,11-12,19,27,33H,10H2,1-2H3. The fourth-order valence-electron chi connectivity index (χ4n) is 3.25. The van der Waals surface area contributed by atoms with Crippen LogP contribution in [0.15, 0.2) is 54.7 Å². The minimum Gasteiger partial charge on any atom is -0.383 e. The van der Waals surface area contributed by atoms with Gasteiger partial charge in [-0.1, -0.05) is 29.5 Å². The van der Waals surface area contributed by atoms with Crippen LogP contribution in [-0.2, 0) is 0 Å². The van der Waals surface area contributed by atoms with Crippen molar-refractivity contribution in [1.29, 1.82) is 5.41 Å². The van der Waals surface area contributed by atoms with Crippen molar-refractivity contribution in [1.82, 2.24) is 25.1 Å². The van der Waals surface area contributed by atoms with Crippen LogP contribution < -0.4 is 0 Å². The van der Waals surface area contributed by atoms with E-state index in [2.05, 4.69) is 25.9 Å². The van der Waals surface area contributed by atoms with Gasteiger partial charge in [-0.2, -0.15) is 13.2 Å². The Kier molecular flexibility index (Phi) is 6.43. The van der Waals surface area contributed by atoms with Crippen molar-refractivity contribution in [2.24, 2.45) is 0 Å². The summed E-state index contributed by atoms with van der Waals surface area (Å²) in [6.45, 7) is 1.74. The number of aryl methyl sites for hydroxylation is 1. The number of hydrogen-bond donors (Lipinski definition) is 2. The minimum atomic E-state index is -4.85. The fourth-order valence-corrected chi connectivity index (χ4v) is 3.96. The van der Waals surface area contributed by atoms with Gasteiger partial charge in [0.25, 0.3) is 0 Å². The molecule has 0 amide bonds. The first-order valence-electron chi connectivity index (χ1n) is 10.1. The summed E-state index contributed by atoms with van der Waals surface area (Å²) in [5.74, 6) is 0.234. The van der Waals surface area contributed by atoms with Gasteiger partial charge in [0, 0.05) is 43.2 Å². The highest BCUT2D eigenvalue weighted by molar-refractivity contribution is 7.14. The Morgan fingerprint density at radius 3 is 2.71 bits per heavy atom. The monoisotopic (exact) mass is 484 g/mol. The molecule has 4 rings (SSSR count). The summed E-state index contributed by atoms with van der Waals surface area (Å²) >= 11 is 1.21. The molecule has 3 aromatic rings. The molecule has 0 spiro atoms. The van der Waals surface area contributed by atoms with Crippen molar-refractivity contribution in [3.63, 3.8) is 0 Å². The Hall–Kier alpha value is -3.66. The zero-order chi connectivity index (χ0) is 24.5. The van der Waals surface area contributed by atoms with Crippen molar-refractivity contribution in [3.8, 4) is 22.0 Å². The number of nitrogens with zero attached hydrogens (tertiary/aromatic N) is 5. The molecule has 0 saturated heterocycles. The van der Waals surface area contributed by atoms with E-state index in [1.54, 1.807) is 19.2 Å². The Morgan fingerprint density at radius 1 is 1.26 bits per heavy atom. The lowest BCUT2D eigenvalue weighted by Gasteiger charge is -2.16. The van der Waals surface area contributed by atoms with Gasteiger partial charge in [0.05, 0.1) is 17.0 Å². The number of rotatable bonds is 6. The van der Waals surface area contributed by atoms with E-state index in [1.807, 2.05) is 42.4 Å². The van der Waals surface area contributed by atoms with E-state index in [-0.39, 0.29) is 17.1 Å². The summed E-state index contributed by atoms with van der Waals surface area (Å²) in [5.41, 5.74) is 5.23. The van der Waals surface area contributed by atoms with Crippen molar-refractivity contribution in [2.45, 2.75) is 25.6 Å². The first-order chi connectivity index (χ1) is 16.1. The van der Waals surface area contributed by atoms with Crippen molar-refractivity contribution in [3.05, 3.63) is 70.9 Å². The van der Waals surface area contributed by atoms with E-state index >= 15 is 0 Å². The predicted octanol–water partition coefficient (Wildman–Crippen LogP) is 4.61. The number of alkyl halides is 3. The maximum absolute atomic E-state index is 12.9. The van der Waals surface area contributed by atoms with Gasteiger partial charge in [0.1, 0.15) is 5.01 Å². The number of allylic oxidation sites excluding steroid dienone is 2. The molecule has 11 heteroatoms. The molecule has 0 aliphatic carbocycles. The number of aromatic nitrogens is 4. The topological polar surface area (TPSA) is 98.9 Å². The summed E-state index contributed by atoms with van der Waals surface area (Å²) in [6, 6.07) is 7.36. The molecule has 0 radical (unpaired) electrons. The van der Waals surface area contributed by atoms with Crippen LogP contribution in [0.3, 0.4) is 0 Å². The summed E-state index contributed by atoms with van der Waals surface area (Å²) in [4.78, 5) is 10.7. The van der Waals surface area contributed by atoms with Gasteiger partial charge in [-0.05, 0) is 24.6 Å². The van der Waals surface area contributed by atoms with Crippen molar-refractivity contribution >= 4 is 22.6 Å². The molecule has 2 N–H and O–H groups in total. The van der Waals surface area contributed by atoms with Crippen molar-refractivity contribution < 1.29 is 18.3 Å². The Morgan fingerprint density at radius 2 is 2.03 bits per heavy atom. The van der Waals surface area contributed by atoms with Crippen LogP contribution in [0.5, 0.6) is 0 Å². The zero-order valence-electron chi connectivity index (χ0n) is 18.1. The maximum Gasteiger partial charge on any atom is 0.414 e. The van der Waals surface area contributed by atoms with E-state index in [0.29, 0.717) is 15.6 Å². The van der Waals surface area contributed by atoms with E-state index in [9.17, 15) is 18.3 Å². The predicted molar refractivity (Wildman–Crippen MR) is 123 cm³/mol. The lowest BCUT2D eigenvalue weighted by atomic mass is 10.0. The first-order valence-corrected chi connectivity index (χ1v) is 10.9.